The monoisotopic (exact) mass is 180 g/mol. The van der Waals surface area contributed by atoms with Crippen LogP contribution in [-0.4, -0.2) is 11.9 Å². The smallest absolute Gasteiger partial charge is 0.318 e. The Balaban J connectivity index is 2.38. The second-order valence-corrected chi connectivity index (χ2v) is 3.89. The van der Waals surface area contributed by atoms with E-state index in [0.29, 0.717) is 0 Å². The van der Waals surface area contributed by atoms with E-state index in [4.69, 9.17) is 0 Å². The summed E-state index contributed by atoms with van der Waals surface area (Å²) < 4.78 is 4.63. The second-order valence-electron chi connectivity index (χ2n) is 3.89. The van der Waals surface area contributed by atoms with Gasteiger partial charge < -0.3 is 4.74 Å². The summed E-state index contributed by atoms with van der Waals surface area (Å²) in [4.78, 5) is 22.6. The molecule has 0 unspecified atom stereocenters. The summed E-state index contributed by atoms with van der Waals surface area (Å²) in [6, 6.07) is 0. The highest BCUT2D eigenvalue weighted by atomic mass is 16.6. The van der Waals surface area contributed by atoms with E-state index in [1.54, 1.807) is 0 Å². The third kappa shape index (κ3) is 1.10. The van der Waals surface area contributed by atoms with E-state index in [1.807, 2.05) is 26.0 Å². The fraction of sp³-hybridized carbons (Fsp3) is 0.600. The van der Waals surface area contributed by atoms with Crippen molar-refractivity contribution in [3.63, 3.8) is 0 Å². The van der Waals surface area contributed by atoms with Gasteiger partial charge in [0.2, 0.25) is 0 Å². The molecule has 0 radical (unpaired) electrons. The SMILES string of the molecule is C[C@@H]1C=C[C@H](C)[C@H]2C(=O)OC(=O)[C@@H]21. The van der Waals surface area contributed by atoms with E-state index in [2.05, 4.69) is 4.74 Å². The Bertz CT molecular complexity index is 265. The second kappa shape index (κ2) is 2.69. The van der Waals surface area contributed by atoms with E-state index in [9.17, 15) is 9.59 Å². The van der Waals surface area contributed by atoms with Crippen LogP contribution in [0.4, 0.5) is 0 Å². The zero-order valence-corrected chi connectivity index (χ0v) is 7.69. The molecular formula is C10H12O3. The van der Waals surface area contributed by atoms with Crippen LogP contribution in [0.2, 0.25) is 0 Å². The molecule has 0 spiro atoms. The van der Waals surface area contributed by atoms with Gasteiger partial charge >= 0.3 is 11.9 Å². The Labute approximate surface area is 76.8 Å². The third-order valence-electron chi connectivity index (χ3n) is 2.98. The average molecular weight is 180 g/mol. The lowest BCUT2D eigenvalue weighted by Gasteiger charge is -2.26. The molecule has 0 aromatic heterocycles. The van der Waals surface area contributed by atoms with E-state index < -0.39 is 0 Å². The van der Waals surface area contributed by atoms with Gasteiger partial charge in [-0.05, 0) is 11.8 Å². The van der Waals surface area contributed by atoms with Gasteiger partial charge in [-0.3, -0.25) is 9.59 Å². The topological polar surface area (TPSA) is 43.4 Å². The molecule has 1 saturated heterocycles. The normalized spacial score (nSPS) is 43.2. The molecule has 1 aliphatic heterocycles. The highest BCUT2D eigenvalue weighted by Gasteiger charge is 2.49. The van der Waals surface area contributed by atoms with Crippen molar-refractivity contribution in [3.05, 3.63) is 12.2 Å². The van der Waals surface area contributed by atoms with Gasteiger partial charge in [0, 0.05) is 0 Å². The van der Waals surface area contributed by atoms with Crippen LogP contribution in [0.3, 0.4) is 0 Å². The van der Waals surface area contributed by atoms with E-state index in [-0.39, 0.29) is 35.6 Å². The Morgan fingerprint density at radius 3 is 1.77 bits per heavy atom. The van der Waals surface area contributed by atoms with Gasteiger partial charge in [0.15, 0.2) is 0 Å². The minimum Gasteiger partial charge on any atom is -0.393 e. The van der Waals surface area contributed by atoms with Crippen molar-refractivity contribution in [2.75, 3.05) is 0 Å². The standard InChI is InChI=1S/C10H12O3/c1-5-3-4-6(2)8-7(5)9(11)13-10(8)12/h3-8H,1-2H3/t5-,6+,7-,8-/m1/s1. The third-order valence-corrected chi connectivity index (χ3v) is 2.98. The lowest BCUT2D eigenvalue weighted by atomic mass is 9.73. The number of rotatable bonds is 0. The van der Waals surface area contributed by atoms with Crippen molar-refractivity contribution < 1.29 is 14.3 Å². The van der Waals surface area contributed by atoms with Gasteiger partial charge in [0.25, 0.3) is 0 Å². The highest BCUT2D eigenvalue weighted by Crippen LogP contribution is 2.39. The quantitative estimate of drug-likeness (QED) is 0.319. The number of allylic oxidation sites excluding steroid dienone is 2. The maximum absolute atomic E-state index is 11.3. The zero-order chi connectivity index (χ0) is 9.59. The molecule has 2 aliphatic rings. The van der Waals surface area contributed by atoms with Crippen LogP contribution in [0.15, 0.2) is 12.2 Å². The molecule has 1 heterocycles. The minimum atomic E-state index is -0.348. The van der Waals surface area contributed by atoms with Crippen molar-refractivity contribution in [2.45, 2.75) is 13.8 Å². The van der Waals surface area contributed by atoms with Crippen molar-refractivity contribution in [1.29, 1.82) is 0 Å². The van der Waals surface area contributed by atoms with Crippen LogP contribution in [0.1, 0.15) is 13.8 Å². The van der Waals surface area contributed by atoms with Crippen molar-refractivity contribution in [3.8, 4) is 0 Å². The summed E-state index contributed by atoms with van der Waals surface area (Å²) in [6.07, 6.45) is 3.98. The Morgan fingerprint density at radius 2 is 1.38 bits per heavy atom. The van der Waals surface area contributed by atoms with Crippen molar-refractivity contribution in [1.82, 2.24) is 0 Å². The molecule has 2 rings (SSSR count). The predicted molar refractivity (Wildman–Crippen MR) is 45.5 cm³/mol. The zero-order valence-electron chi connectivity index (χ0n) is 7.69. The summed E-state index contributed by atoms with van der Waals surface area (Å²) in [5.41, 5.74) is 0. The first-order chi connectivity index (χ1) is 6.11. The van der Waals surface area contributed by atoms with Gasteiger partial charge in [-0.25, -0.2) is 0 Å². The first kappa shape index (κ1) is 8.48. The molecule has 4 atom stereocenters. The molecule has 0 amide bonds. The van der Waals surface area contributed by atoms with Crippen molar-refractivity contribution >= 4 is 11.9 Å². The number of ether oxygens (including phenoxy) is 1. The number of esters is 2. The minimum absolute atomic E-state index is 0.125. The average Bonchev–Trinajstić information content (AvgIpc) is 2.36. The van der Waals surface area contributed by atoms with Crippen LogP contribution in [0.5, 0.6) is 0 Å². The summed E-state index contributed by atoms with van der Waals surface area (Å²) in [5, 5.41) is 0. The van der Waals surface area contributed by atoms with Crippen LogP contribution in [0, 0.1) is 23.7 Å². The number of fused-ring (bicyclic) bond motifs is 1. The molecule has 0 N–H and O–H groups in total. The fourth-order valence-electron chi connectivity index (χ4n) is 2.20. The first-order valence-electron chi connectivity index (χ1n) is 4.55. The van der Waals surface area contributed by atoms with E-state index in [1.165, 1.54) is 0 Å². The van der Waals surface area contributed by atoms with Gasteiger partial charge in [0.05, 0.1) is 11.8 Å². The van der Waals surface area contributed by atoms with E-state index in [0.717, 1.165) is 0 Å². The molecular weight excluding hydrogens is 168 g/mol. The summed E-state index contributed by atoms with van der Waals surface area (Å²) >= 11 is 0. The number of hydrogen-bond acceptors (Lipinski definition) is 3. The summed E-state index contributed by atoms with van der Waals surface area (Å²) in [6.45, 7) is 3.89. The first-order valence-corrected chi connectivity index (χ1v) is 4.55. The van der Waals surface area contributed by atoms with Crippen LogP contribution in [-0.2, 0) is 14.3 Å². The molecule has 3 heteroatoms. The largest absolute Gasteiger partial charge is 0.393 e. The Hall–Kier alpha value is -1.12. The molecule has 0 aromatic carbocycles. The van der Waals surface area contributed by atoms with Gasteiger partial charge in [-0.1, -0.05) is 26.0 Å². The summed E-state index contributed by atoms with van der Waals surface area (Å²) in [7, 11) is 0. The predicted octanol–water partition coefficient (Wildman–Crippen LogP) is 1.14. The van der Waals surface area contributed by atoms with Crippen LogP contribution < -0.4 is 0 Å². The number of carbonyl (C=O) groups is 2. The van der Waals surface area contributed by atoms with Crippen LogP contribution in [0.25, 0.3) is 0 Å². The number of cyclic esters (lactones) is 2. The Morgan fingerprint density at radius 1 is 1.00 bits per heavy atom. The maximum Gasteiger partial charge on any atom is 0.318 e. The highest BCUT2D eigenvalue weighted by molar-refractivity contribution is 5.97. The molecule has 0 saturated carbocycles. The Kier molecular flexibility index (Phi) is 1.75. The molecule has 13 heavy (non-hydrogen) atoms. The molecule has 1 fully saturated rings. The number of hydrogen-bond donors (Lipinski definition) is 0. The van der Waals surface area contributed by atoms with Gasteiger partial charge in [-0.15, -0.1) is 0 Å². The molecule has 0 bridgehead atoms. The summed E-state index contributed by atoms with van der Waals surface area (Å²) in [5.74, 6) is -0.933. The van der Waals surface area contributed by atoms with Crippen molar-refractivity contribution in [2.24, 2.45) is 23.7 Å². The molecule has 70 valence electrons. The molecule has 3 nitrogen and oxygen atoms in total. The molecule has 0 aromatic rings. The maximum atomic E-state index is 11.3. The van der Waals surface area contributed by atoms with E-state index >= 15 is 0 Å². The van der Waals surface area contributed by atoms with Gasteiger partial charge in [0.1, 0.15) is 0 Å². The molecule has 1 aliphatic carbocycles. The van der Waals surface area contributed by atoms with Gasteiger partial charge in [-0.2, -0.15) is 0 Å². The van der Waals surface area contributed by atoms with Crippen LogP contribution >= 0.6 is 0 Å². The lowest BCUT2D eigenvalue weighted by molar-refractivity contribution is -0.154. The lowest BCUT2D eigenvalue weighted by Crippen LogP contribution is -2.31. The number of carbonyl (C=O) groups excluding carboxylic acids is 2. The fourth-order valence-corrected chi connectivity index (χ4v) is 2.20.